The van der Waals surface area contributed by atoms with Crippen molar-refractivity contribution in [2.45, 2.75) is 70.9 Å². The first-order valence-corrected chi connectivity index (χ1v) is 11.7. The van der Waals surface area contributed by atoms with E-state index >= 15 is 0 Å². The summed E-state index contributed by atoms with van der Waals surface area (Å²) in [6.07, 6.45) is 8.78. The van der Waals surface area contributed by atoms with E-state index in [9.17, 15) is 9.59 Å². The molecule has 2 heterocycles. The molecule has 1 fully saturated rings. The Labute approximate surface area is 182 Å². The average molecular weight is 430 g/mol. The van der Waals surface area contributed by atoms with Crippen LogP contribution in [0.25, 0.3) is 0 Å². The number of unbranched alkanes of at least 4 members (excludes halogenated alkanes) is 4. The van der Waals surface area contributed by atoms with E-state index in [1.807, 2.05) is 4.90 Å². The van der Waals surface area contributed by atoms with Gasteiger partial charge in [-0.1, -0.05) is 44.7 Å². The highest BCUT2D eigenvalue weighted by Gasteiger charge is 2.32. The average Bonchev–Trinajstić information content (AvgIpc) is 3.36. The third-order valence-corrected chi connectivity index (χ3v) is 6.58. The highest BCUT2D eigenvalue weighted by atomic mass is 32.1. The number of anilines is 1. The van der Waals surface area contributed by atoms with Crippen LogP contribution in [-0.2, 0) is 22.6 Å². The molecule has 0 unspecified atom stereocenters. The maximum Gasteiger partial charge on any atom is 0.345 e. The van der Waals surface area contributed by atoms with Gasteiger partial charge in [-0.3, -0.25) is 4.79 Å². The Hall–Kier alpha value is -2.18. The number of carboxylic acid groups (broad SMARTS) is 1. The number of rotatable bonds is 12. The van der Waals surface area contributed by atoms with Gasteiger partial charge in [0.05, 0.1) is 19.3 Å². The first-order chi connectivity index (χ1) is 14.6. The Morgan fingerprint density at radius 1 is 1.13 bits per heavy atom. The summed E-state index contributed by atoms with van der Waals surface area (Å²) in [5.74, 6) is -0.775. The molecule has 0 bridgehead atoms. The van der Waals surface area contributed by atoms with Gasteiger partial charge >= 0.3 is 5.97 Å². The molecule has 0 radical (unpaired) electrons. The number of aryl methyl sites for hydroxylation is 1. The summed E-state index contributed by atoms with van der Waals surface area (Å²) >= 11 is 1.23. The fourth-order valence-corrected chi connectivity index (χ4v) is 4.66. The molecule has 0 spiro atoms. The van der Waals surface area contributed by atoms with Crippen molar-refractivity contribution in [3.63, 3.8) is 0 Å². The van der Waals surface area contributed by atoms with E-state index in [4.69, 9.17) is 9.84 Å². The molecule has 1 aromatic carbocycles. The second-order valence-electron chi connectivity index (χ2n) is 7.87. The van der Waals surface area contributed by atoms with E-state index < -0.39 is 5.97 Å². The fraction of sp³-hybridized carbons (Fsp3) is 0.500. The van der Waals surface area contributed by atoms with Crippen molar-refractivity contribution in [3.8, 4) is 0 Å². The fourth-order valence-electron chi connectivity index (χ4n) is 3.88. The lowest BCUT2D eigenvalue weighted by molar-refractivity contribution is -0.117. The topological polar surface area (TPSA) is 66.8 Å². The summed E-state index contributed by atoms with van der Waals surface area (Å²) in [5.41, 5.74) is 2.26. The SMILES string of the molecule is CCCCCCCc1ccc(N2C(=O)CC[C@@H]2COCc2ccc(C(=O)O)s2)cc1. The van der Waals surface area contributed by atoms with E-state index in [1.54, 1.807) is 12.1 Å². The Bertz CT molecular complexity index is 830. The summed E-state index contributed by atoms with van der Waals surface area (Å²) < 4.78 is 5.83. The standard InChI is InChI=1S/C24H31NO4S/c1-2-3-4-5-6-7-18-8-10-19(11-9-18)25-20(12-15-23(25)26)16-29-17-21-13-14-22(30-21)24(27)28/h8-11,13-14,20H,2-7,12,15-17H2,1H3,(H,27,28)/t20-/m1/s1. The predicted molar refractivity (Wildman–Crippen MR) is 120 cm³/mol. The highest BCUT2D eigenvalue weighted by molar-refractivity contribution is 7.13. The van der Waals surface area contributed by atoms with E-state index in [0.717, 1.165) is 23.4 Å². The number of thiophene rings is 1. The molecular formula is C24H31NO4S. The lowest BCUT2D eigenvalue weighted by Gasteiger charge is -2.25. The second-order valence-corrected chi connectivity index (χ2v) is 9.04. The van der Waals surface area contributed by atoms with Crippen LogP contribution in [0.3, 0.4) is 0 Å². The molecule has 1 amide bonds. The van der Waals surface area contributed by atoms with Gasteiger partial charge in [0.15, 0.2) is 0 Å². The van der Waals surface area contributed by atoms with Crippen molar-refractivity contribution < 1.29 is 19.4 Å². The van der Waals surface area contributed by atoms with E-state index in [0.29, 0.717) is 24.5 Å². The van der Waals surface area contributed by atoms with Crippen LogP contribution in [0, 0.1) is 0 Å². The van der Waals surface area contributed by atoms with Gasteiger partial charge in [0.25, 0.3) is 0 Å². The van der Waals surface area contributed by atoms with Crippen LogP contribution < -0.4 is 4.90 Å². The zero-order chi connectivity index (χ0) is 21.3. The van der Waals surface area contributed by atoms with Gasteiger partial charge in [0.1, 0.15) is 4.88 Å². The van der Waals surface area contributed by atoms with Crippen LogP contribution in [0.5, 0.6) is 0 Å². The number of carbonyl (C=O) groups is 2. The third-order valence-electron chi connectivity index (χ3n) is 5.54. The summed E-state index contributed by atoms with van der Waals surface area (Å²) in [5, 5.41) is 9.01. The highest BCUT2D eigenvalue weighted by Crippen LogP contribution is 2.28. The number of hydrogen-bond acceptors (Lipinski definition) is 4. The first-order valence-electron chi connectivity index (χ1n) is 10.9. The Balaban J connectivity index is 1.50. The molecule has 2 aromatic rings. The minimum absolute atomic E-state index is 0.0244. The molecule has 5 nitrogen and oxygen atoms in total. The van der Waals surface area contributed by atoms with Crippen LogP contribution in [-0.4, -0.2) is 29.6 Å². The van der Waals surface area contributed by atoms with E-state index in [2.05, 4.69) is 31.2 Å². The summed E-state index contributed by atoms with van der Waals surface area (Å²) in [7, 11) is 0. The van der Waals surface area contributed by atoms with Gasteiger partial charge in [-0.2, -0.15) is 0 Å². The molecule has 1 saturated heterocycles. The van der Waals surface area contributed by atoms with Crippen LogP contribution in [0.15, 0.2) is 36.4 Å². The summed E-state index contributed by atoms with van der Waals surface area (Å²) in [4.78, 5) is 26.5. The number of carbonyl (C=O) groups excluding carboxylic acids is 1. The summed E-state index contributed by atoms with van der Waals surface area (Å²) in [6.45, 7) is 3.05. The van der Waals surface area contributed by atoms with Crippen LogP contribution in [0.1, 0.15) is 72.0 Å². The molecule has 3 rings (SSSR count). The van der Waals surface area contributed by atoms with E-state index in [-0.39, 0.29) is 11.9 Å². The Kier molecular flexibility index (Phi) is 8.46. The van der Waals surface area contributed by atoms with Gasteiger partial charge in [-0.25, -0.2) is 4.79 Å². The van der Waals surface area contributed by atoms with Gasteiger partial charge < -0.3 is 14.7 Å². The molecule has 6 heteroatoms. The molecule has 0 saturated carbocycles. The zero-order valence-electron chi connectivity index (χ0n) is 17.6. The van der Waals surface area contributed by atoms with Crippen molar-refractivity contribution >= 4 is 28.9 Å². The Morgan fingerprint density at radius 3 is 2.60 bits per heavy atom. The van der Waals surface area contributed by atoms with Gasteiger partial charge in [0, 0.05) is 17.0 Å². The molecule has 1 aliphatic rings. The van der Waals surface area contributed by atoms with Gasteiger partial charge in [-0.15, -0.1) is 11.3 Å². The maximum atomic E-state index is 12.5. The minimum atomic E-state index is -0.914. The third kappa shape index (κ3) is 6.16. The molecular weight excluding hydrogens is 398 g/mol. The smallest absolute Gasteiger partial charge is 0.345 e. The molecule has 162 valence electrons. The van der Waals surface area contributed by atoms with Crippen molar-refractivity contribution in [2.75, 3.05) is 11.5 Å². The number of amides is 1. The number of hydrogen-bond donors (Lipinski definition) is 1. The van der Waals surface area contributed by atoms with Crippen LogP contribution in [0.4, 0.5) is 5.69 Å². The number of nitrogens with zero attached hydrogens (tertiary/aromatic N) is 1. The van der Waals surface area contributed by atoms with Gasteiger partial charge in [0.2, 0.25) is 5.91 Å². The second kappa shape index (κ2) is 11.3. The molecule has 0 aliphatic carbocycles. The molecule has 30 heavy (non-hydrogen) atoms. The molecule has 1 N–H and O–H groups in total. The lowest BCUT2D eigenvalue weighted by Crippen LogP contribution is -2.36. The van der Waals surface area contributed by atoms with Crippen LogP contribution >= 0.6 is 11.3 Å². The first kappa shape index (κ1) is 22.5. The number of aromatic carboxylic acids is 1. The number of ether oxygens (including phenoxy) is 1. The van der Waals surface area contributed by atoms with Crippen LogP contribution in [0.2, 0.25) is 0 Å². The Morgan fingerprint density at radius 2 is 1.90 bits per heavy atom. The molecule has 1 aromatic heterocycles. The quantitative estimate of drug-likeness (QED) is 0.441. The van der Waals surface area contributed by atoms with Crippen molar-refractivity contribution in [2.24, 2.45) is 0 Å². The normalized spacial score (nSPS) is 16.4. The van der Waals surface area contributed by atoms with Crippen molar-refractivity contribution in [1.29, 1.82) is 0 Å². The van der Waals surface area contributed by atoms with E-state index in [1.165, 1.54) is 49.0 Å². The minimum Gasteiger partial charge on any atom is -0.477 e. The van der Waals surface area contributed by atoms with Gasteiger partial charge in [-0.05, 0) is 49.1 Å². The van der Waals surface area contributed by atoms with Crippen molar-refractivity contribution in [1.82, 2.24) is 0 Å². The lowest BCUT2D eigenvalue weighted by atomic mass is 10.0. The maximum absolute atomic E-state index is 12.5. The zero-order valence-corrected chi connectivity index (χ0v) is 18.5. The largest absolute Gasteiger partial charge is 0.477 e. The number of carboxylic acids is 1. The summed E-state index contributed by atoms with van der Waals surface area (Å²) in [6, 6.07) is 11.8. The predicted octanol–water partition coefficient (Wildman–Crippen LogP) is 5.67. The van der Waals surface area contributed by atoms with Crippen molar-refractivity contribution in [3.05, 3.63) is 51.7 Å². The monoisotopic (exact) mass is 429 g/mol. The number of benzene rings is 1. The molecule has 1 atom stereocenters. The molecule has 1 aliphatic heterocycles.